The first-order valence-corrected chi connectivity index (χ1v) is 10.1. The summed E-state index contributed by atoms with van der Waals surface area (Å²) in [5.41, 5.74) is 1.81. The van der Waals surface area contributed by atoms with Crippen molar-refractivity contribution in [3.8, 4) is 23.4 Å². The third-order valence-electron chi connectivity index (χ3n) is 5.06. The Balaban J connectivity index is 1.71. The first-order valence-electron chi connectivity index (χ1n) is 10.1. The number of nitriles is 1. The second-order valence-corrected chi connectivity index (χ2v) is 7.09. The Kier molecular flexibility index (Phi) is 5.05. The number of para-hydroxylation sites is 4. The molecule has 0 radical (unpaired) electrons. The van der Waals surface area contributed by atoms with E-state index in [-0.39, 0.29) is 22.6 Å². The standard InChI is InChI=1S/C25H17N5O3/c1-32-20-10-4-5-11-21(20)33-24-17(25(31)30-13-7-6-12-22(30)29-24)14-16(15-26)23-27-18-8-2-3-9-19(18)28-23/h2-14H,1H3,(H,27,28)/b16-14+. The van der Waals surface area contributed by atoms with Gasteiger partial charge >= 0.3 is 0 Å². The molecule has 0 fully saturated rings. The van der Waals surface area contributed by atoms with E-state index in [0.29, 0.717) is 28.5 Å². The van der Waals surface area contributed by atoms with Crippen LogP contribution in [0.1, 0.15) is 11.4 Å². The van der Waals surface area contributed by atoms with Crippen LogP contribution in [-0.4, -0.2) is 26.5 Å². The van der Waals surface area contributed by atoms with Crippen LogP contribution >= 0.6 is 0 Å². The molecule has 3 heterocycles. The maximum Gasteiger partial charge on any atom is 0.269 e. The van der Waals surface area contributed by atoms with Crippen LogP contribution in [0.2, 0.25) is 0 Å². The summed E-state index contributed by atoms with van der Waals surface area (Å²) < 4.78 is 12.8. The van der Waals surface area contributed by atoms with Crippen LogP contribution < -0.4 is 15.0 Å². The molecule has 3 aromatic heterocycles. The van der Waals surface area contributed by atoms with E-state index in [4.69, 9.17) is 9.47 Å². The summed E-state index contributed by atoms with van der Waals surface area (Å²) >= 11 is 0. The molecular weight excluding hydrogens is 418 g/mol. The van der Waals surface area contributed by atoms with Gasteiger partial charge in [-0.2, -0.15) is 10.2 Å². The summed E-state index contributed by atoms with van der Waals surface area (Å²) in [5.74, 6) is 1.28. The Morgan fingerprint density at radius 1 is 1.03 bits per heavy atom. The number of aromatic nitrogens is 4. The summed E-state index contributed by atoms with van der Waals surface area (Å²) in [6, 6.07) is 21.8. The number of nitrogens with zero attached hydrogens (tertiary/aromatic N) is 4. The highest BCUT2D eigenvalue weighted by atomic mass is 16.5. The Morgan fingerprint density at radius 3 is 2.58 bits per heavy atom. The van der Waals surface area contributed by atoms with Crippen LogP contribution in [0, 0.1) is 11.3 Å². The largest absolute Gasteiger partial charge is 0.493 e. The third kappa shape index (κ3) is 3.68. The first kappa shape index (κ1) is 20.0. The zero-order valence-corrected chi connectivity index (χ0v) is 17.5. The van der Waals surface area contributed by atoms with Crippen molar-refractivity contribution in [2.45, 2.75) is 0 Å². The number of hydrogen-bond acceptors (Lipinski definition) is 6. The van der Waals surface area contributed by atoms with E-state index < -0.39 is 0 Å². The third-order valence-corrected chi connectivity index (χ3v) is 5.06. The molecule has 33 heavy (non-hydrogen) atoms. The lowest BCUT2D eigenvalue weighted by Crippen LogP contribution is -2.18. The van der Waals surface area contributed by atoms with Crippen molar-refractivity contribution in [3.05, 3.63) is 94.7 Å². The number of hydrogen-bond donors (Lipinski definition) is 1. The van der Waals surface area contributed by atoms with Gasteiger partial charge in [-0.3, -0.25) is 9.20 Å². The number of methoxy groups -OCH3 is 1. The maximum absolute atomic E-state index is 13.4. The summed E-state index contributed by atoms with van der Waals surface area (Å²) in [7, 11) is 1.53. The number of rotatable bonds is 5. The second-order valence-electron chi connectivity index (χ2n) is 7.09. The van der Waals surface area contributed by atoms with E-state index in [2.05, 4.69) is 21.0 Å². The van der Waals surface area contributed by atoms with Gasteiger partial charge < -0.3 is 14.5 Å². The minimum Gasteiger partial charge on any atom is -0.493 e. The molecule has 0 aliphatic rings. The van der Waals surface area contributed by atoms with Crippen molar-refractivity contribution in [3.63, 3.8) is 0 Å². The van der Waals surface area contributed by atoms with Crippen molar-refractivity contribution in [2.75, 3.05) is 7.11 Å². The highest BCUT2D eigenvalue weighted by molar-refractivity contribution is 5.91. The number of ether oxygens (including phenoxy) is 2. The molecule has 160 valence electrons. The molecule has 0 saturated carbocycles. The normalized spacial score (nSPS) is 11.5. The van der Waals surface area contributed by atoms with Crippen LogP contribution in [0.15, 0.2) is 77.7 Å². The quantitative estimate of drug-likeness (QED) is 0.409. The number of pyridine rings is 1. The second kappa shape index (κ2) is 8.32. The van der Waals surface area contributed by atoms with Crippen molar-refractivity contribution in [2.24, 2.45) is 0 Å². The van der Waals surface area contributed by atoms with Crippen LogP contribution in [0.3, 0.4) is 0 Å². The summed E-state index contributed by atoms with van der Waals surface area (Å²) in [6.45, 7) is 0. The van der Waals surface area contributed by atoms with Crippen LogP contribution in [0.25, 0.3) is 28.3 Å². The summed E-state index contributed by atoms with van der Waals surface area (Å²) in [4.78, 5) is 25.5. The van der Waals surface area contributed by atoms with Crippen molar-refractivity contribution >= 4 is 28.3 Å². The number of imidazole rings is 1. The van der Waals surface area contributed by atoms with Gasteiger partial charge in [-0.1, -0.05) is 30.3 Å². The predicted octanol–water partition coefficient (Wildman–Crippen LogP) is 4.44. The number of aromatic amines is 1. The number of fused-ring (bicyclic) bond motifs is 2. The fourth-order valence-corrected chi connectivity index (χ4v) is 3.47. The van der Waals surface area contributed by atoms with Gasteiger partial charge in [0, 0.05) is 6.20 Å². The Bertz CT molecular complexity index is 1590. The molecule has 0 spiro atoms. The van der Waals surface area contributed by atoms with E-state index in [1.165, 1.54) is 17.6 Å². The predicted molar refractivity (Wildman–Crippen MR) is 124 cm³/mol. The van der Waals surface area contributed by atoms with Gasteiger partial charge in [-0.15, -0.1) is 0 Å². The van der Waals surface area contributed by atoms with Crippen LogP contribution in [0.4, 0.5) is 0 Å². The number of H-pyrrole nitrogens is 1. The molecule has 0 atom stereocenters. The lowest BCUT2D eigenvalue weighted by Gasteiger charge is -2.12. The number of allylic oxidation sites excluding steroid dienone is 1. The van der Waals surface area contributed by atoms with Gasteiger partial charge in [0.1, 0.15) is 23.1 Å². The van der Waals surface area contributed by atoms with E-state index in [9.17, 15) is 10.1 Å². The minimum atomic E-state index is -0.380. The van der Waals surface area contributed by atoms with Crippen LogP contribution in [0.5, 0.6) is 17.4 Å². The highest BCUT2D eigenvalue weighted by Crippen LogP contribution is 2.32. The zero-order chi connectivity index (χ0) is 22.8. The Hall–Kier alpha value is -4.90. The van der Waals surface area contributed by atoms with E-state index in [0.717, 1.165) is 5.52 Å². The molecule has 5 aromatic rings. The van der Waals surface area contributed by atoms with Crippen molar-refractivity contribution in [1.29, 1.82) is 5.26 Å². The first-order chi connectivity index (χ1) is 16.2. The smallest absolute Gasteiger partial charge is 0.269 e. The van der Waals surface area contributed by atoms with Gasteiger partial charge in [-0.05, 0) is 42.5 Å². The molecule has 0 aliphatic carbocycles. The van der Waals surface area contributed by atoms with Gasteiger partial charge in [0.25, 0.3) is 5.56 Å². The lowest BCUT2D eigenvalue weighted by molar-refractivity contribution is 0.374. The van der Waals surface area contributed by atoms with E-state index in [1.807, 2.05) is 30.3 Å². The highest BCUT2D eigenvalue weighted by Gasteiger charge is 2.17. The summed E-state index contributed by atoms with van der Waals surface area (Å²) in [5, 5.41) is 9.86. The zero-order valence-electron chi connectivity index (χ0n) is 17.5. The number of nitrogens with one attached hydrogen (secondary N) is 1. The van der Waals surface area contributed by atoms with E-state index >= 15 is 0 Å². The van der Waals surface area contributed by atoms with Gasteiger partial charge in [0.2, 0.25) is 5.88 Å². The monoisotopic (exact) mass is 435 g/mol. The molecule has 8 heteroatoms. The molecule has 8 nitrogen and oxygen atoms in total. The average molecular weight is 435 g/mol. The van der Waals surface area contributed by atoms with Crippen LogP contribution in [-0.2, 0) is 0 Å². The van der Waals surface area contributed by atoms with Gasteiger partial charge in [-0.25, -0.2) is 4.98 Å². The molecule has 0 unspecified atom stereocenters. The lowest BCUT2D eigenvalue weighted by atomic mass is 10.2. The topological polar surface area (TPSA) is 105 Å². The molecule has 0 amide bonds. The molecule has 0 saturated heterocycles. The van der Waals surface area contributed by atoms with Crippen molar-refractivity contribution in [1.82, 2.24) is 19.4 Å². The molecule has 5 rings (SSSR count). The van der Waals surface area contributed by atoms with E-state index in [1.54, 1.807) is 42.6 Å². The molecular formula is C25H17N5O3. The Labute approximate surface area is 188 Å². The number of benzene rings is 2. The van der Waals surface area contributed by atoms with Gasteiger partial charge in [0.15, 0.2) is 11.5 Å². The summed E-state index contributed by atoms with van der Waals surface area (Å²) in [6.07, 6.45) is 3.05. The fourth-order valence-electron chi connectivity index (χ4n) is 3.47. The minimum absolute atomic E-state index is 0.0551. The maximum atomic E-state index is 13.4. The van der Waals surface area contributed by atoms with Crippen molar-refractivity contribution < 1.29 is 9.47 Å². The molecule has 0 aliphatic heterocycles. The van der Waals surface area contributed by atoms with Gasteiger partial charge in [0.05, 0.1) is 23.7 Å². The Morgan fingerprint density at radius 2 is 1.79 bits per heavy atom. The average Bonchev–Trinajstić information content (AvgIpc) is 3.28. The SMILES string of the molecule is COc1ccccc1Oc1nc2ccccn2c(=O)c1/C=C(\C#N)c1nc2ccccc2[nH]1. The fraction of sp³-hybridized carbons (Fsp3) is 0.0400. The molecule has 2 aromatic carbocycles. The molecule has 0 bridgehead atoms. The molecule has 1 N–H and O–H groups in total.